The van der Waals surface area contributed by atoms with Gasteiger partial charge in [0, 0.05) is 26.2 Å². The largest absolute Gasteiger partial charge is 0.326 e. The van der Waals surface area contributed by atoms with E-state index in [0.717, 1.165) is 24.8 Å². The number of sulfonamides is 1. The maximum Gasteiger partial charge on any atom is 0.326 e. The molecule has 2 saturated heterocycles. The van der Waals surface area contributed by atoms with Gasteiger partial charge in [0.05, 0.1) is 11.6 Å². The van der Waals surface area contributed by atoms with Crippen LogP contribution in [-0.4, -0.2) is 67.3 Å². The van der Waals surface area contributed by atoms with Gasteiger partial charge in [0.1, 0.15) is 5.54 Å². The molecular weight excluding hydrogens is 440 g/mol. The summed E-state index contributed by atoms with van der Waals surface area (Å²) in [6.45, 7) is 3.40. The van der Waals surface area contributed by atoms with Crippen molar-refractivity contribution in [2.45, 2.75) is 36.6 Å². The van der Waals surface area contributed by atoms with E-state index in [-0.39, 0.29) is 17.5 Å². The Balaban J connectivity index is 1.25. The Hall–Kier alpha value is -2.75. The fourth-order valence-electron chi connectivity index (χ4n) is 4.96. The van der Waals surface area contributed by atoms with Crippen LogP contribution in [0.2, 0.25) is 0 Å². The fraction of sp³-hybridized carbons (Fsp3) is 0.417. The lowest BCUT2D eigenvalue weighted by molar-refractivity contribution is -0.132. The van der Waals surface area contributed by atoms with Crippen LogP contribution in [0, 0.1) is 0 Å². The van der Waals surface area contributed by atoms with Crippen molar-refractivity contribution in [1.29, 1.82) is 0 Å². The molecule has 33 heavy (non-hydrogen) atoms. The summed E-state index contributed by atoms with van der Waals surface area (Å²) in [6.07, 6.45) is 3.18. The third-order valence-corrected chi connectivity index (χ3v) is 8.92. The minimum atomic E-state index is -3.55. The Labute approximate surface area is 194 Å². The summed E-state index contributed by atoms with van der Waals surface area (Å²) in [5.74, 6) is -0.273. The molecule has 0 radical (unpaired) electrons. The summed E-state index contributed by atoms with van der Waals surface area (Å²) in [4.78, 5) is 29.5. The Kier molecular flexibility index (Phi) is 5.50. The number of imide groups is 1. The molecule has 1 atom stereocenters. The van der Waals surface area contributed by atoms with Gasteiger partial charge in [-0.3, -0.25) is 9.69 Å². The molecule has 0 spiro atoms. The third kappa shape index (κ3) is 3.84. The minimum Gasteiger partial charge on any atom is -0.319 e. The first-order chi connectivity index (χ1) is 15.8. The molecule has 2 aliphatic heterocycles. The average Bonchev–Trinajstić information content (AvgIpc) is 3.38. The number of nitrogens with zero attached hydrogens (tertiary/aromatic N) is 3. The first-order valence-electron chi connectivity index (χ1n) is 11.3. The zero-order chi connectivity index (χ0) is 23.2. The van der Waals surface area contributed by atoms with Gasteiger partial charge in [-0.25, -0.2) is 18.1 Å². The molecule has 174 valence electrons. The smallest absolute Gasteiger partial charge is 0.319 e. The topological polar surface area (TPSA) is 90.0 Å². The second-order valence-electron chi connectivity index (χ2n) is 9.10. The van der Waals surface area contributed by atoms with E-state index in [1.54, 1.807) is 37.3 Å². The second-order valence-corrected chi connectivity index (χ2v) is 11.0. The average molecular weight is 469 g/mol. The van der Waals surface area contributed by atoms with Crippen molar-refractivity contribution in [3.63, 3.8) is 0 Å². The molecule has 0 aromatic heterocycles. The molecule has 3 amide bonds. The van der Waals surface area contributed by atoms with Crippen LogP contribution in [0.3, 0.4) is 0 Å². The summed E-state index contributed by atoms with van der Waals surface area (Å²) in [5.41, 5.74) is 2.29. The highest BCUT2D eigenvalue weighted by atomic mass is 32.2. The zero-order valence-corrected chi connectivity index (χ0v) is 19.5. The molecule has 2 fully saturated rings. The number of rotatable bonds is 5. The summed E-state index contributed by atoms with van der Waals surface area (Å²) in [5, 5.41) is 2.89. The first kappa shape index (κ1) is 22.1. The lowest BCUT2D eigenvalue weighted by Gasteiger charge is -2.35. The highest BCUT2D eigenvalue weighted by Crippen LogP contribution is 2.32. The highest BCUT2D eigenvalue weighted by molar-refractivity contribution is 7.89. The summed E-state index contributed by atoms with van der Waals surface area (Å²) in [7, 11) is -3.55. The molecule has 1 aliphatic carbocycles. The molecule has 5 rings (SSSR count). The van der Waals surface area contributed by atoms with Gasteiger partial charge in [-0.2, -0.15) is 4.31 Å². The third-order valence-electron chi connectivity index (χ3n) is 7.00. The SMILES string of the molecule is CC1(c2ccc3c(c2)CCC3)NC(=O)N(CN2CCN(S(=O)(=O)c3ccccc3)CC2)C1=O. The van der Waals surface area contributed by atoms with Gasteiger partial charge >= 0.3 is 6.03 Å². The predicted molar refractivity (Wildman–Crippen MR) is 123 cm³/mol. The lowest BCUT2D eigenvalue weighted by atomic mass is 9.90. The number of hydrogen-bond donors (Lipinski definition) is 1. The van der Waals surface area contributed by atoms with Gasteiger partial charge in [-0.1, -0.05) is 36.4 Å². The minimum absolute atomic E-state index is 0.143. The number of carbonyl (C=O) groups is 2. The molecule has 1 unspecified atom stereocenters. The number of hydrogen-bond acceptors (Lipinski definition) is 5. The molecule has 2 aromatic carbocycles. The van der Waals surface area contributed by atoms with Crippen LogP contribution >= 0.6 is 0 Å². The van der Waals surface area contributed by atoms with E-state index in [9.17, 15) is 18.0 Å². The number of aryl methyl sites for hydroxylation is 2. The Bertz CT molecular complexity index is 1190. The quantitative estimate of drug-likeness (QED) is 0.677. The Morgan fingerprint density at radius 1 is 0.939 bits per heavy atom. The maximum atomic E-state index is 13.3. The number of carbonyl (C=O) groups excluding carboxylic acids is 2. The van der Waals surface area contributed by atoms with Gasteiger partial charge in [-0.15, -0.1) is 0 Å². The number of fused-ring (bicyclic) bond motifs is 1. The molecule has 0 bridgehead atoms. The van der Waals surface area contributed by atoms with Crippen molar-refractivity contribution < 1.29 is 18.0 Å². The van der Waals surface area contributed by atoms with Crippen LogP contribution in [0.15, 0.2) is 53.4 Å². The molecular formula is C24H28N4O4S. The maximum absolute atomic E-state index is 13.3. The van der Waals surface area contributed by atoms with Gasteiger partial charge in [0.15, 0.2) is 0 Å². The van der Waals surface area contributed by atoms with E-state index in [4.69, 9.17) is 0 Å². The van der Waals surface area contributed by atoms with E-state index in [1.165, 1.54) is 20.3 Å². The number of benzene rings is 2. The van der Waals surface area contributed by atoms with Gasteiger partial charge < -0.3 is 5.32 Å². The molecule has 8 nitrogen and oxygen atoms in total. The van der Waals surface area contributed by atoms with Crippen LogP contribution in [0.25, 0.3) is 0 Å². The summed E-state index contributed by atoms with van der Waals surface area (Å²) < 4.78 is 27.1. The van der Waals surface area contributed by atoms with Gasteiger partial charge in [0.25, 0.3) is 5.91 Å². The normalized spacial score (nSPS) is 24.2. The monoisotopic (exact) mass is 468 g/mol. The van der Waals surface area contributed by atoms with Crippen molar-refractivity contribution in [2.75, 3.05) is 32.8 Å². The van der Waals surface area contributed by atoms with Crippen molar-refractivity contribution in [1.82, 2.24) is 19.4 Å². The first-order valence-corrected chi connectivity index (χ1v) is 12.8. The predicted octanol–water partition coefficient (Wildman–Crippen LogP) is 1.91. The highest BCUT2D eigenvalue weighted by Gasteiger charge is 2.49. The van der Waals surface area contributed by atoms with Crippen molar-refractivity contribution in [3.8, 4) is 0 Å². The summed E-state index contributed by atoms with van der Waals surface area (Å²) in [6, 6.07) is 14.0. The second kappa shape index (κ2) is 8.23. The van der Waals surface area contributed by atoms with Crippen molar-refractivity contribution in [3.05, 3.63) is 65.2 Å². The molecule has 2 heterocycles. The number of piperazine rings is 1. The zero-order valence-electron chi connectivity index (χ0n) is 18.7. The summed E-state index contributed by atoms with van der Waals surface area (Å²) >= 11 is 0. The van der Waals surface area contributed by atoms with Crippen molar-refractivity contribution in [2.24, 2.45) is 0 Å². The molecule has 0 saturated carbocycles. The van der Waals surface area contributed by atoms with Crippen LogP contribution in [0.5, 0.6) is 0 Å². The number of nitrogens with one attached hydrogen (secondary N) is 1. The van der Waals surface area contributed by atoms with Crippen LogP contribution < -0.4 is 5.32 Å². The fourth-order valence-corrected chi connectivity index (χ4v) is 6.40. The number of urea groups is 1. The van der Waals surface area contributed by atoms with E-state index < -0.39 is 21.6 Å². The van der Waals surface area contributed by atoms with Crippen LogP contribution in [0.1, 0.15) is 30.0 Å². The van der Waals surface area contributed by atoms with Gasteiger partial charge in [-0.05, 0) is 55.0 Å². The number of amides is 3. The lowest BCUT2D eigenvalue weighted by Crippen LogP contribution is -2.52. The van der Waals surface area contributed by atoms with E-state index >= 15 is 0 Å². The molecule has 2 aromatic rings. The van der Waals surface area contributed by atoms with E-state index in [0.29, 0.717) is 26.2 Å². The molecule has 1 N–H and O–H groups in total. The Morgan fingerprint density at radius 3 is 2.36 bits per heavy atom. The molecule has 9 heteroatoms. The van der Waals surface area contributed by atoms with E-state index in [2.05, 4.69) is 17.4 Å². The van der Waals surface area contributed by atoms with Crippen LogP contribution in [0.4, 0.5) is 4.79 Å². The van der Waals surface area contributed by atoms with E-state index in [1.807, 2.05) is 11.0 Å². The van der Waals surface area contributed by atoms with Crippen LogP contribution in [-0.2, 0) is 33.2 Å². The van der Waals surface area contributed by atoms with Crippen molar-refractivity contribution >= 4 is 22.0 Å². The standard InChI is InChI=1S/C24H28N4O4S/c1-24(20-11-10-18-6-5-7-19(18)16-20)22(29)28(23(30)25-24)17-26-12-14-27(15-13-26)33(31,32)21-8-3-2-4-9-21/h2-4,8-11,16H,5-7,12-15,17H2,1H3,(H,25,30). The molecule has 3 aliphatic rings. The van der Waals surface area contributed by atoms with Gasteiger partial charge in [0.2, 0.25) is 10.0 Å². The Morgan fingerprint density at radius 2 is 1.64 bits per heavy atom.